The number of ether oxygens (including phenoxy) is 1. The Hall–Kier alpha value is -0.650. The summed E-state index contributed by atoms with van der Waals surface area (Å²) in [4.78, 5) is 16.8. The zero-order chi connectivity index (χ0) is 13.8. The van der Waals surface area contributed by atoms with Crippen molar-refractivity contribution in [2.45, 2.75) is 26.4 Å². The Morgan fingerprint density at radius 3 is 2.58 bits per heavy atom. The Morgan fingerprint density at radius 1 is 1.37 bits per heavy atom. The highest BCUT2D eigenvalue weighted by molar-refractivity contribution is 5.79. The Bertz CT molecular complexity index is 303. The molecule has 0 aromatic heterocycles. The molecule has 0 saturated carbocycles. The lowest BCUT2D eigenvalue weighted by molar-refractivity contribution is -0.138. The fourth-order valence-electron chi connectivity index (χ4n) is 2.96. The molecule has 2 saturated heterocycles. The van der Waals surface area contributed by atoms with Gasteiger partial charge in [-0.3, -0.25) is 9.69 Å². The van der Waals surface area contributed by atoms with Crippen LogP contribution in [-0.2, 0) is 9.53 Å². The van der Waals surface area contributed by atoms with Crippen molar-refractivity contribution >= 4 is 5.91 Å². The molecular formula is C14H27N3O2. The van der Waals surface area contributed by atoms with Crippen LogP contribution in [0.3, 0.4) is 0 Å². The molecular weight excluding hydrogens is 242 g/mol. The summed E-state index contributed by atoms with van der Waals surface area (Å²) in [5.74, 6) is 0.900. The van der Waals surface area contributed by atoms with Crippen LogP contribution in [0.5, 0.6) is 0 Å². The highest BCUT2D eigenvalue weighted by Crippen LogP contribution is 2.23. The number of piperazine rings is 1. The lowest BCUT2D eigenvalue weighted by atomic mass is 10.0. The normalized spacial score (nSPS) is 30.6. The summed E-state index contributed by atoms with van der Waals surface area (Å²) in [6.07, 6.45) is 0.965. The number of hydrogen-bond acceptors (Lipinski definition) is 4. The van der Waals surface area contributed by atoms with Gasteiger partial charge >= 0.3 is 0 Å². The van der Waals surface area contributed by atoms with Gasteiger partial charge in [0.2, 0.25) is 5.91 Å². The van der Waals surface area contributed by atoms with Gasteiger partial charge in [0, 0.05) is 39.3 Å². The first-order valence-corrected chi connectivity index (χ1v) is 7.44. The highest BCUT2D eigenvalue weighted by atomic mass is 16.5. The average Bonchev–Trinajstić information content (AvgIpc) is 2.85. The Kier molecular flexibility index (Phi) is 5.19. The Labute approximate surface area is 116 Å². The van der Waals surface area contributed by atoms with Crippen LogP contribution in [0.1, 0.15) is 20.3 Å². The quantitative estimate of drug-likeness (QED) is 0.789. The van der Waals surface area contributed by atoms with Crippen molar-refractivity contribution in [2.75, 3.05) is 45.9 Å². The maximum atomic E-state index is 12.4. The average molecular weight is 269 g/mol. The van der Waals surface area contributed by atoms with Crippen molar-refractivity contribution in [1.82, 2.24) is 9.80 Å². The molecule has 2 heterocycles. The molecule has 3 unspecified atom stereocenters. The molecule has 1 amide bonds. The third-order valence-electron chi connectivity index (χ3n) is 4.35. The van der Waals surface area contributed by atoms with E-state index in [2.05, 4.69) is 11.8 Å². The maximum Gasteiger partial charge on any atom is 0.228 e. The first-order chi connectivity index (χ1) is 9.11. The van der Waals surface area contributed by atoms with Crippen LogP contribution in [0, 0.1) is 11.8 Å². The van der Waals surface area contributed by atoms with Crippen molar-refractivity contribution in [3.63, 3.8) is 0 Å². The minimum absolute atomic E-state index is 0.0783. The van der Waals surface area contributed by atoms with Crippen molar-refractivity contribution in [3.05, 3.63) is 0 Å². The Morgan fingerprint density at radius 2 is 2.05 bits per heavy atom. The molecule has 2 aliphatic heterocycles. The van der Waals surface area contributed by atoms with Gasteiger partial charge in [0.25, 0.3) is 0 Å². The fraction of sp³-hybridized carbons (Fsp3) is 0.929. The van der Waals surface area contributed by atoms with Crippen LogP contribution in [0.2, 0.25) is 0 Å². The van der Waals surface area contributed by atoms with E-state index in [1.54, 1.807) is 0 Å². The zero-order valence-corrected chi connectivity index (χ0v) is 12.2. The minimum Gasteiger partial charge on any atom is -0.378 e. The van der Waals surface area contributed by atoms with Crippen molar-refractivity contribution in [1.29, 1.82) is 0 Å². The molecule has 2 aliphatic rings. The van der Waals surface area contributed by atoms with Crippen molar-refractivity contribution < 1.29 is 9.53 Å². The first-order valence-electron chi connectivity index (χ1n) is 7.44. The topological polar surface area (TPSA) is 58.8 Å². The van der Waals surface area contributed by atoms with Gasteiger partial charge in [0.05, 0.1) is 12.0 Å². The largest absolute Gasteiger partial charge is 0.378 e. The molecule has 0 spiro atoms. The number of nitrogens with zero attached hydrogens (tertiary/aromatic N) is 2. The molecule has 5 heteroatoms. The van der Waals surface area contributed by atoms with E-state index in [-0.39, 0.29) is 17.9 Å². The lowest BCUT2D eigenvalue weighted by Gasteiger charge is -2.37. The minimum atomic E-state index is 0.0783. The maximum absolute atomic E-state index is 12.4. The van der Waals surface area contributed by atoms with Crippen LogP contribution in [0.15, 0.2) is 0 Å². The van der Waals surface area contributed by atoms with E-state index in [0.717, 1.165) is 52.3 Å². The second-order valence-corrected chi connectivity index (χ2v) is 5.94. The summed E-state index contributed by atoms with van der Waals surface area (Å²) >= 11 is 0. The second kappa shape index (κ2) is 6.68. The van der Waals surface area contributed by atoms with E-state index in [9.17, 15) is 4.79 Å². The molecule has 5 nitrogen and oxygen atoms in total. The number of nitrogens with two attached hydrogens (primary N) is 1. The van der Waals surface area contributed by atoms with Gasteiger partial charge in [-0.15, -0.1) is 0 Å². The number of rotatable bonds is 4. The molecule has 0 bridgehead atoms. The smallest absolute Gasteiger partial charge is 0.228 e. The summed E-state index contributed by atoms with van der Waals surface area (Å²) in [6, 6.07) is 0. The van der Waals surface area contributed by atoms with E-state index in [1.165, 1.54) is 0 Å². The summed E-state index contributed by atoms with van der Waals surface area (Å²) in [5, 5.41) is 0. The van der Waals surface area contributed by atoms with Crippen molar-refractivity contribution in [2.24, 2.45) is 17.6 Å². The summed E-state index contributed by atoms with van der Waals surface area (Å²) in [7, 11) is 0. The van der Waals surface area contributed by atoms with Crippen LogP contribution in [0.4, 0.5) is 0 Å². The van der Waals surface area contributed by atoms with Gasteiger partial charge in [-0.2, -0.15) is 0 Å². The highest BCUT2D eigenvalue weighted by Gasteiger charge is 2.34. The van der Waals surface area contributed by atoms with E-state index < -0.39 is 0 Å². The van der Waals surface area contributed by atoms with Crippen LogP contribution in [0.25, 0.3) is 0 Å². The van der Waals surface area contributed by atoms with Gasteiger partial charge in [-0.25, -0.2) is 0 Å². The predicted octanol–water partition coefficient (Wildman–Crippen LogP) is 0.150. The van der Waals surface area contributed by atoms with E-state index in [1.807, 2.05) is 11.8 Å². The number of carbonyl (C=O) groups is 1. The van der Waals surface area contributed by atoms with Crippen LogP contribution in [-0.4, -0.2) is 67.7 Å². The molecule has 2 fully saturated rings. The monoisotopic (exact) mass is 269 g/mol. The molecule has 3 atom stereocenters. The molecule has 0 radical (unpaired) electrons. The summed E-state index contributed by atoms with van der Waals surface area (Å²) < 4.78 is 5.49. The summed E-state index contributed by atoms with van der Waals surface area (Å²) in [6.45, 7) is 10.3. The van der Waals surface area contributed by atoms with E-state index in [0.29, 0.717) is 5.92 Å². The van der Waals surface area contributed by atoms with E-state index in [4.69, 9.17) is 10.5 Å². The summed E-state index contributed by atoms with van der Waals surface area (Å²) in [5.41, 5.74) is 5.66. The molecule has 2 N–H and O–H groups in total. The van der Waals surface area contributed by atoms with Crippen LogP contribution >= 0.6 is 0 Å². The molecule has 0 aromatic rings. The predicted molar refractivity (Wildman–Crippen MR) is 74.8 cm³/mol. The first kappa shape index (κ1) is 14.8. The number of hydrogen-bond donors (Lipinski definition) is 1. The van der Waals surface area contributed by atoms with Gasteiger partial charge in [-0.1, -0.05) is 6.92 Å². The SMILES string of the molecule is CC(CN)CN1CCN(C(=O)C2CCOC2C)CC1. The molecule has 2 rings (SSSR count). The lowest BCUT2D eigenvalue weighted by Crippen LogP contribution is -2.52. The number of amides is 1. The van der Waals surface area contributed by atoms with Gasteiger partial charge in [0.1, 0.15) is 0 Å². The number of carbonyl (C=O) groups excluding carboxylic acids is 1. The Balaban J connectivity index is 1.78. The van der Waals surface area contributed by atoms with Gasteiger partial charge < -0.3 is 15.4 Å². The fourth-order valence-corrected chi connectivity index (χ4v) is 2.96. The van der Waals surface area contributed by atoms with Crippen molar-refractivity contribution in [3.8, 4) is 0 Å². The van der Waals surface area contributed by atoms with Crippen LogP contribution < -0.4 is 5.73 Å². The standard InChI is InChI=1S/C14H27N3O2/c1-11(9-15)10-16-4-6-17(7-5-16)14(18)13-3-8-19-12(13)2/h11-13H,3-10,15H2,1-2H3. The second-order valence-electron chi connectivity index (χ2n) is 5.94. The molecule has 0 aliphatic carbocycles. The molecule has 19 heavy (non-hydrogen) atoms. The molecule has 110 valence electrons. The zero-order valence-electron chi connectivity index (χ0n) is 12.2. The van der Waals surface area contributed by atoms with Gasteiger partial charge in [-0.05, 0) is 25.8 Å². The van der Waals surface area contributed by atoms with Gasteiger partial charge in [0.15, 0.2) is 0 Å². The third-order valence-corrected chi connectivity index (χ3v) is 4.35. The van der Waals surface area contributed by atoms with E-state index >= 15 is 0 Å². The third kappa shape index (κ3) is 3.68. The molecule has 0 aromatic carbocycles.